The summed E-state index contributed by atoms with van der Waals surface area (Å²) in [4.78, 5) is 11.1. The highest BCUT2D eigenvalue weighted by atomic mass is 35.5. The van der Waals surface area contributed by atoms with Crippen molar-refractivity contribution in [3.05, 3.63) is 16.9 Å². The largest absolute Gasteiger partial charge is 0.436 e. The number of nitrogens with zero attached hydrogens (tertiary/aromatic N) is 2. The molecule has 0 aliphatic rings. The Bertz CT molecular complexity index is 403. The third-order valence-electron chi connectivity index (χ3n) is 1.87. The Hall–Kier alpha value is -1.28. The Morgan fingerprint density at radius 3 is 2.62 bits per heavy atom. The molecule has 0 aliphatic heterocycles. The molecule has 1 heterocycles. The Kier molecular flexibility index (Phi) is 3.44. The molecular formula is C7H8ClF3N4O. The van der Waals surface area contributed by atoms with Crippen LogP contribution in [0.1, 0.15) is 18.7 Å². The predicted octanol–water partition coefficient (Wildman–Crippen LogP) is 1.11. The summed E-state index contributed by atoms with van der Waals surface area (Å²) >= 11 is 5.36. The summed E-state index contributed by atoms with van der Waals surface area (Å²) in [7, 11) is 0. The highest BCUT2D eigenvalue weighted by Crippen LogP contribution is 2.33. The molecular weight excluding hydrogens is 249 g/mol. The van der Waals surface area contributed by atoms with E-state index in [2.05, 4.69) is 5.10 Å². The van der Waals surface area contributed by atoms with Gasteiger partial charge >= 0.3 is 6.18 Å². The first-order valence-corrected chi connectivity index (χ1v) is 4.47. The zero-order valence-electron chi connectivity index (χ0n) is 8.05. The molecule has 1 aromatic rings. The van der Waals surface area contributed by atoms with Crippen molar-refractivity contribution >= 4 is 17.5 Å². The SMILES string of the molecule is CC(C(=O)NN)n1cc(Cl)c(C(F)(F)F)n1. The second-order valence-corrected chi connectivity index (χ2v) is 3.40. The molecule has 0 saturated carbocycles. The number of rotatable bonds is 2. The van der Waals surface area contributed by atoms with Crippen molar-refractivity contribution in [3.8, 4) is 0 Å². The number of hydrazine groups is 1. The number of halogens is 4. The van der Waals surface area contributed by atoms with Crippen LogP contribution in [0, 0.1) is 0 Å². The molecule has 0 fully saturated rings. The van der Waals surface area contributed by atoms with Gasteiger partial charge < -0.3 is 0 Å². The van der Waals surface area contributed by atoms with E-state index in [4.69, 9.17) is 17.4 Å². The molecule has 90 valence electrons. The lowest BCUT2D eigenvalue weighted by atomic mass is 10.3. The van der Waals surface area contributed by atoms with E-state index in [0.717, 1.165) is 10.9 Å². The molecule has 0 aromatic carbocycles. The topological polar surface area (TPSA) is 72.9 Å². The summed E-state index contributed by atoms with van der Waals surface area (Å²) in [6, 6.07) is -0.974. The molecule has 1 atom stereocenters. The fourth-order valence-electron chi connectivity index (χ4n) is 1.00. The van der Waals surface area contributed by atoms with E-state index in [1.54, 1.807) is 5.43 Å². The van der Waals surface area contributed by atoms with E-state index in [-0.39, 0.29) is 0 Å². The van der Waals surface area contributed by atoms with Gasteiger partial charge in [-0.05, 0) is 6.92 Å². The van der Waals surface area contributed by atoms with Gasteiger partial charge in [-0.2, -0.15) is 18.3 Å². The standard InChI is InChI=1S/C7H8ClF3N4O/c1-3(6(16)13-12)15-2-4(8)5(14-15)7(9,10)11/h2-3H,12H2,1H3,(H,13,16). The van der Waals surface area contributed by atoms with E-state index in [9.17, 15) is 18.0 Å². The van der Waals surface area contributed by atoms with Gasteiger partial charge in [0.1, 0.15) is 6.04 Å². The Morgan fingerprint density at radius 1 is 1.69 bits per heavy atom. The molecule has 0 saturated heterocycles. The number of hydrogen-bond acceptors (Lipinski definition) is 3. The Balaban J connectivity index is 3.06. The molecule has 0 spiro atoms. The van der Waals surface area contributed by atoms with Crippen molar-refractivity contribution in [3.63, 3.8) is 0 Å². The van der Waals surface area contributed by atoms with E-state index in [0.29, 0.717) is 0 Å². The Labute approximate surface area is 93.3 Å². The lowest BCUT2D eigenvalue weighted by Gasteiger charge is -2.09. The van der Waals surface area contributed by atoms with Crippen LogP contribution in [0.25, 0.3) is 0 Å². The highest BCUT2D eigenvalue weighted by Gasteiger charge is 2.37. The van der Waals surface area contributed by atoms with Crippen molar-refractivity contribution in [2.75, 3.05) is 0 Å². The van der Waals surface area contributed by atoms with Gasteiger partial charge in [0.25, 0.3) is 5.91 Å². The van der Waals surface area contributed by atoms with Crippen LogP contribution in [-0.2, 0) is 11.0 Å². The van der Waals surface area contributed by atoms with Crippen molar-refractivity contribution in [2.45, 2.75) is 19.1 Å². The monoisotopic (exact) mass is 256 g/mol. The average molecular weight is 257 g/mol. The molecule has 1 unspecified atom stereocenters. The van der Waals surface area contributed by atoms with Crippen LogP contribution in [-0.4, -0.2) is 15.7 Å². The molecule has 0 radical (unpaired) electrons. The summed E-state index contributed by atoms with van der Waals surface area (Å²) in [5.74, 6) is 4.17. The number of hydrogen-bond donors (Lipinski definition) is 2. The minimum atomic E-state index is -4.65. The molecule has 16 heavy (non-hydrogen) atoms. The van der Waals surface area contributed by atoms with Crippen LogP contribution >= 0.6 is 11.6 Å². The molecule has 5 nitrogen and oxygen atoms in total. The highest BCUT2D eigenvalue weighted by molar-refractivity contribution is 6.31. The maximum atomic E-state index is 12.3. The van der Waals surface area contributed by atoms with Gasteiger partial charge in [0.15, 0.2) is 5.69 Å². The van der Waals surface area contributed by atoms with Gasteiger partial charge in [-0.25, -0.2) is 5.84 Å². The lowest BCUT2D eigenvalue weighted by molar-refractivity contribution is -0.141. The second kappa shape index (κ2) is 4.30. The molecule has 0 aliphatic carbocycles. The van der Waals surface area contributed by atoms with Crippen molar-refractivity contribution < 1.29 is 18.0 Å². The lowest BCUT2D eigenvalue weighted by Crippen LogP contribution is -2.36. The fourth-order valence-corrected chi connectivity index (χ4v) is 1.25. The number of aromatic nitrogens is 2. The average Bonchev–Trinajstić information content (AvgIpc) is 2.57. The minimum Gasteiger partial charge on any atom is -0.292 e. The third-order valence-corrected chi connectivity index (χ3v) is 2.15. The summed E-state index contributed by atoms with van der Waals surface area (Å²) < 4.78 is 37.8. The number of carbonyl (C=O) groups is 1. The zero-order chi connectivity index (χ0) is 12.5. The van der Waals surface area contributed by atoms with Gasteiger partial charge in [0.2, 0.25) is 0 Å². The number of carbonyl (C=O) groups excluding carboxylic acids is 1. The van der Waals surface area contributed by atoms with Crippen LogP contribution < -0.4 is 11.3 Å². The molecule has 1 amide bonds. The van der Waals surface area contributed by atoms with Gasteiger partial charge in [-0.1, -0.05) is 11.6 Å². The van der Waals surface area contributed by atoms with E-state index in [1.165, 1.54) is 6.92 Å². The molecule has 1 aromatic heterocycles. The quantitative estimate of drug-likeness (QED) is 0.473. The molecule has 0 bridgehead atoms. The first-order valence-electron chi connectivity index (χ1n) is 4.09. The van der Waals surface area contributed by atoms with Crippen molar-refractivity contribution in [1.82, 2.24) is 15.2 Å². The summed E-state index contributed by atoms with van der Waals surface area (Å²) in [5.41, 5.74) is 0.576. The minimum absolute atomic E-state index is 0.566. The summed E-state index contributed by atoms with van der Waals surface area (Å²) in [5, 5.41) is 2.63. The summed E-state index contributed by atoms with van der Waals surface area (Å²) in [6.45, 7) is 1.34. The first-order chi connectivity index (χ1) is 7.27. The number of alkyl halides is 3. The number of nitrogens with one attached hydrogen (secondary N) is 1. The van der Waals surface area contributed by atoms with Crippen LogP contribution in [0.4, 0.5) is 13.2 Å². The zero-order valence-corrected chi connectivity index (χ0v) is 8.80. The maximum absolute atomic E-state index is 12.3. The van der Waals surface area contributed by atoms with Crippen molar-refractivity contribution in [1.29, 1.82) is 0 Å². The van der Waals surface area contributed by atoms with Crippen LogP contribution in [0.2, 0.25) is 5.02 Å². The summed E-state index contributed by atoms with van der Waals surface area (Å²) in [6.07, 6.45) is -3.73. The van der Waals surface area contributed by atoms with Gasteiger partial charge in [-0.15, -0.1) is 0 Å². The van der Waals surface area contributed by atoms with Crippen molar-refractivity contribution in [2.24, 2.45) is 5.84 Å². The molecule has 3 N–H and O–H groups in total. The number of nitrogens with two attached hydrogens (primary N) is 1. The fraction of sp³-hybridized carbons (Fsp3) is 0.429. The van der Waals surface area contributed by atoms with Crippen LogP contribution in [0.5, 0.6) is 0 Å². The maximum Gasteiger partial charge on any atom is 0.436 e. The molecule has 1 rings (SSSR count). The Morgan fingerprint density at radius 2 is 2.25 bits per heavy atom. The van der Waals surface area contributed by atoms with Gasteiger partial charge in [0, 0.05) is 6.20 Å². The third kappa shape index (κ3) is 2.45. The predicted molar refractivity (Wildman–Crippen MR) is 49.3 cm³/mol. The second-order valence-electron chi connectivity index (χ2n) is 2.99. The smallest absolute Gasteiger partial charge is 0.292 e. The van der Waals surface area contributed by atoms with Gasteiger partial charge in [-0.3, -0.25) is 14.9 Å². The normalized spacial score (nSPS) is 13.6. The molecule has 9 heteroatoms. The van der Waals surface area contributed by atoms with E-state index >= 15 is 0 Å². The van der Waals surface area contributed by atoms with Crippen LogP contribution in [0.15, 0.2) is 6.20 Å². The first kappa shape index (κ1) is 12.8. The van der Waals surface area contributed by atoms with Crippen LogP contribution in [0.3, 0.4) is 0 Å². The van der Waals surface area contributed by atoms with E-state index in [1.807, 2.05) is 0 Å². The van der Waals surface area contributed by atoms with E-state index < -0.39 is 28.8 Å². The van der Waals surface area contributed by atoms with Gasteiger partial charge in [0.05, 0.1) is 5.02 Å². The number of amides is 1.